The van der Waals surface area contributed by atoms with E-state index in [1.165, 1.54) is 5.56 Å². The summed E-state index contributed by atoms with van der Waals surface area (Å²) in [5.41, 5.74) is 1.17. The number of ether oxygens (including phenoxy) is 1. The molecule has 0 unspecified atom stereocenters. The van der Waals surface area contributed by atoms with Gasteiger partial charge in [-0.1, -0.05) is 12.1 Å². The Kier molecular flexibility index (Phi) is 5.08. The first-order valence-corrected chi connectivity index (χ1v) is 7.17. The normalized spacial score (nSPS) is 16.4. The molecule has 0 radical (unpaired) electrons. The first kappa shape index (κ1) is 14.2. The highest BCUT2D eigenvalue weighted by molar-refractivity contribution is 6.20. The number of alkyl halides is 1. The van der Waals surface area contributed by atoms with Gasteiger partial charge in [-0.2, -0.15) is 0 Å². The van der Waals surface area contributed by atoms with Crippen LogP contribution in [0.2, 0.25) is 0 Å². The zero-order chi connectivity index (χ0) is 13.7. The number of benzene rings is 1. The second kappa shape index (κ2) is 6.80. The Labute approximate surface area is 119 Å². The van der Waals surface area contributed by atoms with Crippen molar-refractivity contribution in [2.24, 2.45) is 0 Å². The van der Waals surface area contributed by atoms with Crippen molar-refractivity contribution in [3.63, 3.8) is 0 Å². The minimum absolute atomic E-state index is 0.236. The van der Waals surface area contributed by atoms with Gasteiger partial charge in [-0.25, -0.2) is 0 Å². The molecule has 2 rings (SSSR count). The summed E-state index contributed by atoms with van der Waals surface area (Å²) in [5, 5.41) is 0.241. The molecule has 1 aliphatic heterocycles. The van der Waals surface area contributed by atoms with Gasteiger partial charge >= 0.3 is 0 Å². The molecule has 0 bridgehead atoms. The highest BCUT2D eigenvalue weighted by Gasteiger charge is 2.20. The van der Waals surface area contributed by atoms with Crippen LogP contribution in [0.4, 0.5) is 0 Å². The molecule has 0 atom stereocenters. The lowest BCUT2D eigenvalue weighted by Gasteiger charge is -2.29. The van der Waals surface area contributed by atoms with E-state index in [1.54, 1.807) is 7.11 Å². The van der Waals surface area contributed by atoms with Crippen molar-refractivity contribution in [3.05, 3.63) is 29.8 Å². The Bertz CT molecular complexity index is 411. The molecule has 19 heavy (non-hydrogen) atoms. The van der Waals surface area contributed by atoms with Crippen LogP contribution in [0.3, 0.4) is 0 Å². The molecule has 1 fully saturated rings. The van der Waals surface area contributed by atoms with Gasteiger partial charge in [0, 0.05) is 24.9 Å². The third-order valence-corrected chi connectivity index (χ3v) is 4.00. The zero-order valence-electron chi connectivity index (χ0n) is 11.3. The molecular weight excluding hydrogens is 262 g/mol. The zero-order valence-corrected chi connectivity index (χ0v) is 12.0. The Balaban J connectivity index is 1.79. The van der Waals surface area contributed by atoms with Gasteiger partial charge in [-0.3, -0.25) is 4.79 Å². The van der Waals surface area contributed by atoms with Crippen LogP contribution >= 0.6 is 11.6 Å². The Hall–Kier alpha value is -1.22. The molecule has 0 saturated carbocycles. The Morgan fingerprint density at radius 2 is 1.95 bits per heavy atom. The Morgan fingerprint density at radius 3 is 2.53 bits per heavy atom. The van der Waals surface area contributed by atoms with Crippen molar-refractivity contribution in [3.8, 4) is 5.75 Å². The van der Waals surface area contributed by atoms with Crippen molar-refractivity contribution in [2.45, 2.75) is 31.1 Å². The fourth-order valence-electron chi connectivity index (χ4n) is 2.30. The van der Waals surface area contributed by atoms with Gasteiger partial charge in [0.2, 0.25) is 5.91 Å². The maximum Gasteiger partial charge on any atom is 0.222 e. The lowest BCUT2D eigenvalue weighted by atomic mass is 10.1. The molecule has 1 heterocycles. The maximum absolute atomic E-state index is 12.1. The van der Waals surface area contributed by atoms with Gasteiger partial charge < -0.3 is 9.64 Å². The molecule has 4 heteroatoms. The van der Waals surface area contributed by atoms with Gasteiger partial charge in [0.1, 0.15) is 5.75 Å². The summed E-state index contributed by atoms with van der Waals surface area (Å²) in [6, 6.07) is 7.88. The molecule has 0 spiro atoms. The average molecular weight is 282 g/mol. The first-order valence-electron chi connectivity index (χ1n) is 6.74. The molecule has 1 aromatic rings. The van der Waals surface area contributed by atoms with Crippen LogP contribution in [0.25, 0.3) is 0 Å². The smallest absolute Gasteiger partial charge is 0.222 e. The minimum atomic E-state index is 0.236. The topological polar surface area (TPSA) is 29.5 Å². The summed E-state index contributed by atoms with van der Waals surface area (Å²) < 4.78 is 5.11. The number of halogens is 1. The molecule has 1 aromatic carbocycles. The monoisotopic (exact) mass is 281 g/mol. The molecule has 3 nitrogen and oxygen atoms in total. The lowest BCUT2D eigenvalue weighted by Crippen LogP contribution is -2.38. The summed E-state index contributed by atoms with van der Waals surface area (Å²) in [7, 11) is 1.65. The molecule has 0 N–H and O–H groups in total. The Morgan fingerprint density at radius 1 is 1.32 bits per heavy atom. The standard InChI is InChI=1S/C15H20ClNO2/c1-19-14-5-2-12(3-6-14)4-7-15(18)17-10-8-13(16)9-11-17/h2-3,5-6,13H,4,7-11H2,1H3. The number of amides is 1. The molecule has 0 aliphatic carbocycles. The molecular formula is C15H20ClNO2. The lowest BCUT2D eigenvalue weighted by molar-refractivity contribution is -0.131. The number of aryl methyl sites for hydroxylation is 1. The highest BCUT2D eigenvalue weighted by Crippen LogP contribution is 2.17. The molecule has 1 amide bonds. The van der Waals surface area contributed by atoms with Gasteiger partial charge in [0.15, 0.2) is 0 Å². The van der Waals surface area contributed by atoms with E-state index in [0.717, 1.165) is 38.1 Å². The van der Waals surface area contributed by atoms with E-state index in [1.807, 2.05) is 29.2 Å². The van der Waals surface area contributed by atoms with Crippen molar-refractivity contribution < 1.29 is 9.53 Å². The van der Waals surface area contributed by atoms with Gasteiger partial charge in [-0.05, 0) is 37.0 Å². The largest absolute Gasteiger partial charge is 0.497 e. The van der Waals surface area contributed by atoms with E-state index in [4.69, 9.17) is 16.3 Å². The summed E-state index contributed by atoms with van der Waals surface area (Å²) in [6.07, 6.45) is 3.18. The minimum Gasteiger partial charge on any atom is -0.497 e. The van der Waals surface area contributed by atoms with Crippen molar-refractivity contribution in [2.75, 3.05) is 20.2 Å². The predicted molar refractivity (Wildman–Crippen MR) is 76.8 cm³/mol. The van der Waals surface area contributed by atoms with E-state index in [-0.39, 0.29) is 11.3 Å². The molecule has 1 aliphatic rings. The third-order valence-electron chi connectivity index (χ3n) is 3.56. The molecule has 0 aromatic heterocycles. The van der Waals surface area contributed by atoms with Crippen molar-refractivity contribution in [1.82, 2.24) is 4.90 Å². The van der Waals surface area contributed by atoms with Gasteiger partial charge in [0.25, 0.3) is 0 Å². The summed E-state index contributed by atoms with van der Waals surface area (Å²) in [5.74, 6) is 1.08. The number of carbonyl (C=O) groups is 1. The number of hydrogen-bond donors (Lipinski definition) is 0. The van der Waals surface area contributed by atoms with E-state index in [2.05, 4.69) is 0 Å². The fourth-order valence-corrected chi connectivity index (χ4v) is 2.49. The predicted octanol–water partition coefficient (Wildman–Crippen LogP) is 2.86. The highest BCUT2D eigenvalue weighted by atomic mass is 35.5. The molecule has 1 saturated heterocycles. The average Bonchev–Trinajstić information content (AvgIpc) is 2.46. The number of likely N-dealkylation sites (tertiary alicyclic amines) is 1. The van der Waals surface area contributed by atoms with E-state index in [9.17, 15) is 4.79 Å². The maximum atomic E-state index is 12.1. The van der Waals surface area contributed by atoms with E-state index >= 15 is 0 Å². The van der Waals surface area contributed by atoms with Crippen LogP contribution in [-0.4, -0.2) is 36.4 Å². The fraction of sp³-hybridized carbons (Fsp3) is 0.533. The second-order valence-electron chi connectivity index (χ2n) is 4.90. The molecule has 104 valence electrons. The number of hydrogen-bond acceptors (Lipinski definition) is 2. The van der Waals surface area contributed by atoms with Crippen LogP contribution < -0.4 is 4.74 Å². The summed E-state index contributed by atoms with van der Waals surface area (Å²) in [6.45, 7) is 1.60. The first-order chi connectivity index (χ1) is 9.19. The number of rotatable bonds is 4. The number of carbonyl (C=O) groups excluding carboxylic acids is 1. The van der Waals surface area contributed by atoms with E-state index in [0.29, 0.717) is 6.42 Å². The quantitative estimate of drug-likeness (QED) is 0.794. The van der Waals surface area contributed by atoms with E-state index < -0.39 is 0 Å². The van der Waals surface area contributed by atoms with Gasteiger partial charge in [0.05, 0.1) is 7.11 Å². The summed E-state index contributed by atoms with van der Waals surface area (Å²) >= 11 is 6.04. The van der Waals surface area contributed by atoms with Crippen molar-refractivity contribution >= 4 is 17.5 Å². The summed E-state index contributed by atoms with van der Waals surface area (Å²) in [4.78, 5) is 14.0. The number of nitrogens with zero attached hydrogens (tertiary/aromatic N) is 1. The SMILES string of the molecule is COc1ccc(CCC(=O)N2CCC(Cl)CC2)cc1. The van der Waals surface area contributed by atoms with Crippen LogP contribution in [-0.2, 0) is 11.2 Å². The number of methoxy groups -OCH3 is 1. The number of piperidine rings is 1. The second-order valence-corrected chi connectivity index (χ2v) is 5.52. The van der Waals surface area contributed by atoms with Crippen LogP contribution in [0.5, 0.6) is 5.75 Å². The van der Waals surface area contributed by atoms with Gasteiger partial charge in [-0.15, -0.1) is 11.6 Å². The van der Waals surface area contributed by atoms with Crippen molar-refractivity contribution in [1.29, 1.82) is 0 Å². The van der Waals surface area contributed by atoms with Crippen LogP contribution in [0, 0.1) is 0 Å². The van der Waals surface area contributed by atoms with Crippen LogP contribution in [0.15, 0.2) is 24.3 Å². The third kappa shape index (κ3) is 4.13. The van der Waals surface area contributed by atoms with Crippen LogP contribution in [0.1, 0.15) is 24.8 Å².